The van der Waals surface area contributed by atoms with Crippen LogP contribution in [0.3, 0.4) is 0 Å². The van der Waals surface area contributed by atoms with E-state index in [4.69, 9.17) is 0 Å². The van der Waals surface area contributed by atoms with Gasteiger partial charge >= 0.3 is 0 Å². The summed E-state index contributed by atoms with van der Waals surface area (Å²) in [6, 6.07) is 10.9. The summed E-state index contributed by atoms with van der Waals surface area (Å²) in [5.74, 6) is 2.23. The molecule has 0 aromatic heterocycles. The average molecular weight is 318 g/mol. The van der Waals surface area contributed by atoms with Crippen molar-refractivity contribution >= 4 is 17.7 Å². The zero-order valence-corrected chi connectivity index (χ0v) is 14.5. The molecule has 0 radical (unpaired) electrons. The topological polar surface area (TPSA) is 36.4 Å². The van der Waals surface area contributed by atoms with Crippen molar-refractivity contribution in [2.24, 2.45) is 4.99 Å². The molecule has 1 aromatic rings. The van der Waals surface area contributed by atoms with Crippen LogP contribution in [0.4, 0.5) is 0 Å². The monoisotopic (exact) mass is 317 g/mol. The van der Waals surface area contributed by atoms with E-state index >= 15 is 0 Å². The Hall–Kier alpha value is -1.16. The minimum Gasteiger partial charge on any atom is -0.356 e. The highest BCUT2D eigenvalue weighted by molar-refractivity contribution is 8.00. The number of hydrogen-bond donors (Lipinski definition) is 2. The molecule has 22 heavy (non-hydrogen) atoms. The lowest BCUT2D eigenvalue weighted by molar-refractivity contribution is 0.578. The fourth-order valence-electron chi connectivity index (χ4n) is 3.23. The highest BCUT2D eigenvalue weighted by Gasteiger charge is 2.44. The van der Waals surface area contributed by atoms with Gasteiger partial charge in [0.1, 0.15) is 0 Å². The van der Waals surface area contributed by atoms with Gasteiger partial charge in [0.2, 0.25) is 0 Å². The molecular formula is C18H27N3S. The normalized spacial score (nSPS) is 26.7. The van der Waals surface area contributed by atoms with Gasteiger partial charge < -0.3 is 10.6 Å². The van der Waals surface area contributed by atoms with Gasteiger partial charge in [0.25, 0.3) is 0 Å². The summed E-state index contributed by atoms with van der Waals surface area (Å²) in [6.45, 7) is 4.33. The Bertz CT molecular complexity index is 516. The van der Waals surface area contributed by atoms with Crippen LogP contribution >= 0.6 is 11.8 Å². The summed E-state index contributed by atoms with van der Waals surface area (Å²) in [7, 11) is 1.86. The Morgan fingerprint density at radius 2 is 1.86 bits per heavy atom. The lowest BCUT2D eigenvalue weighted by atomic mass is 9.96. The molecule has 3 nitrogen and oxygen atoms in total. The summed E-state index contributed by atoms with van der Waals surface area (Å²) < 4.78 is 0.369. The molecule has 2 fully saturated rings. The average Bonchev–Trinajstić information content (AvgIpc) is 3.23. The maximum Gasteiger partial charge on any atom is 0.191 e. The van der Waals surface area contributed by atoms with Gasteiger partial charge in [-0.2, -0.15) is 11.8 Å². The zero-order valence-electron chi connectivity index (χ0n) is 13.7. The molecule has 1 unspecified atom stereocenters. The molecule has 1 atom stereocenters. The van der Waals surface area contributed by atoms with Gasteiger partial charge in [-0.25, -0.2) is 0 Å². The first-order chi connectivity index (χ1) is 10.7. The largest absolute Gasteiger partial charge is 0.356 e. The summed E-state index contributed by atoms with van der Waals surface area (Å²) in [5, 5.41) is 7.06. The Balaban J connectivity index is 1.51. The third kappa shape index (κ3) is 3.60. The lowest BCUT2D eigenvalue weighted by Crippen LogP contribution is -2.45. The van der Waals surface area contributed by atoms with Crippen LogP contribution in [0.2, 0.25) is 0 Å². The van der Waals surface area contributed by atoms with Crippen LogP contribution in [-0.4, -0.2) is 36.6 Å². The molecule has 0 bridgehead atoms. The smallest absolute Gasteiger partial charge is 0.191 e. The van der Waals surface area contributed by atoms with E-state index in [1.54, 1.807) is 0 Å². The molecule has 0 amide bonds. The number of guanidine groups is 1. The molecule has 4 heteroatoms. The highest BCUT2D eigenvalue weighted by Crippen LogP contribution is 2.47. The van der Waals surface area contributed by atoms with E-state index < -0.39 is 0 Å². The van der Waals surface area contributed by atoms with Crippen molar-refractivity contribution in [2.75, 3.05) is 25.9 Å². The number of thioether (sulfide) groups is 1. The maximum absolute atomic E-state index is 4.39. The second-order valence-electron chi connectivity index (χ2n) is 6.83. The molecule has 1 aromatic carbocycles. The van der Waals surface area contributed by atoms with Crippen molar-refractivity contribution < 1.29 is 0 Å². The second-order valence-corrected chi connectivity index (χ2v) is 8.51. The number of nitrogens with one attached hydrogen (secondary N) is 2. The quantitative estimate of drug-likeness (QED) is 0.647. The van der Waals surface area contributed by atoms with Gasteiger partial charge in [0, 0.05) is 30.3 Å². The van der Waals surface area contributed by atoms with E-state index in [2.05, 4.69) is 64.6 Å². The molecule has 1 heterocycles. The van der Waals surface area contributed by atoms with Crippen LogP contribution in [0.1, 0.15) is 38.2 Å². The third-order valence-electron chi connectivity index (χ3n) is 4.99. The Labute approximate surface area is 138 Å². The van der Waals surface area contributed by atoms with E-state index in [1.165, 1.54) is 37.0 Å². The van der Waals surface area contributed by atoms with E-state index in [-0.39, 0.29) is 0 Å². The zero-order chi connectivity index (χ0) is 15.5. The summed E-state index contributed by atoms with van der Waals surface area (Å²) in [4.78, 5) is 4.39. The lowest BCUT2D eigenvalue weighted by Gasteiger charge is -2.25. The summed E-state index contributed by atoms with van der Waals surface area (Å²) >= 11 is 2.08. The molecular weight excluding hydrogens is 290 g/mol. The van der Waals surface area contributed by atoms with Crippen molar-refractivity contribution in [2.45, 2.75) is 42.8 Å². The van der Waals surface area contributed by atoms with Gasteiger partial charge in [0.15, 0.2) is 5.96 Å². The van der Waals surface area contributed by atoms with Crippen LogP contribution < -0.4 is 10.6 Å². The second kappa shape index (κ2) is 6.53. The minimum atomic E-state index is 0.324. The van der Waals surface area contributed by atoms with E-state index in [0.29, 0.717) is 10.2 Å². The predicted molar refractivity (Wildman–Crippen MR) is 96.8 cm³/mol. The van der Waals surface area contributed by atoms with Crippen LogP contribution in [0.15, 0.2) is 35.3 Å². The minimum absolute atomic E-state index is 0.324. The summed E-state index contributed by atoms with van der Waals surface area (Å²) in [6.07, 6.45) is 5.19. The molecule has 2 aliphatic rings. The van der Waals surface area contributed by atoms with Crippen molar-refractivity contribution in [3.63, 3.8) is 0 Å². The fourth-order valence-corrected chi connectivity index (χ4v) is 4.47. The number of benzene rings is 1. The molecule has 1 saturated heterocycles. The van der Waals surface area contributed by atoms with E-state index in [9.17, 15) is 0 Å². The van der Waals surface area contributed by atoms with Crippen LogP contribution in [-0.2, 0) is 5.41 Å². The molecule has 1 aliphatic carbocycles. The van der Waals surface area contributed by atoms with E-state index in [1.807, 2.05) is 7.05 Å². The highest BCUT2D eigenvalue weighted by atomic mass is 32.2. The molecule has 1 aliphatic heterocycles. The number of aliphatic imine (C=N–C) groups is 1. The predicted octanol–water partition coefficient (Wildman–Crippen LogP) is 3.17. The first kappa shape index (κ1) is 15.7. The van der Waals surface area contributed by atoms with E-state index in [0.717, 1.165) is 19.0 Å². The Kier molecular flexibility index (Phi) is 4.67. The SMILES string of the molecule is CN=C(NCC1(C)CCCS1)NCC1(c2ccccc2)CC1. The van der Waals surface area contributed by atoms with Crippen molar-refractivity contribution in [1.82, 2.24) is 10.6 Å². The third-order valence-corrected chi connectivity index (χ3v) is 6.53. The van der Waals surface area contributed by atoms with Crippen molar-refractivity contribution in [3.05, 3.63) is 35.9 Å². The van der Waals surface area contributed by atoms with Crippen LogP contribution in [0.25, 0.3) is 0 Å². The molecule has 2 N–H and O–H groups in total. The first-order valence-corrected chi connectivity index (χ1v) is 9.28. The number of hydrogen-bond acceptors (Lipinski definition) is 2. The molecule has 0 spiro atoms. The first-order valence-electron chi connectivity index (χ1n) is 8.30. The fraction of sp³-hybridized carbons (Fsp3) is 0.611. The van der Waals surface area contributed by atoms with Gasteiger partial charge in [-0.05, 0) is 43.9 Å². The Morgan fingerprint density at radius 1 is 1.14 bits per heavy atom. The summed E-state index contributed by atoms with van der Waals surface area (Å²) in [5.41, 5.74) is 1.78. The number of rotatable bonds is 5. The molecule has 3 rings (SSSR count). The van der Waals surface area contributed by atoms with Gasteiger partial charge in [-0.1, -0.05) is 30.3 Å². The maximum atomic E-state index is 4.39. The van der Waals surface area contributed by atoms with Gasteiger partial charge in [0.05, 0.1) is 0 Å². The Morgan fingerprint density at radius 3 is 2.45 bits per heavy atom. The molecule has 1 saturated carbocycles. The standard InChI is InChI=1S/C18H27N3S/c1-17(9-6-12-22-17)13-20-16(19-2)21-14-18(10-11-18)15-7-4-3-5-8-15/h3-5,7-8H,6,9-14H2,1-2H3,(H2,19,20,21). The van der Waals surface area contributed by atoms with Crippen molar-refractivity contribution in [3.8, 4) is 0 Å². The number of nitrogens with zero attached hydrogens (tertiary/aromatic N) is 1. The van der Waals surface area contributed by atoms with Crippen LogP contribution in [0.5, 0.6) is 0 Å². The van der Waals surface area contributed by atoms with Gasteiger partial charge in [-0.15, -0.1) is 0 Å². The van der Waals surface area contributed by atoms with Gasteiger partial charge in [-0.3, -0.25) is 4.99 Å². The molecule has 120 valence electrons. The van der Waals surface area contributed by atoms with Crippen molar-refractivity contribution in [1.29, 1.82) is 0 Å². The van der Waals surface area contributed by atoms with Crippen LogP contribution in [0, 0.1) is 0 Å².